The van der Waals surface area contributed by atoms with E-state index in [9.17, 15) is 9.90 Å². The van der Waals surface area contributed by atoms with Gasteiger partial charge in [0.05, 0.1) is 0 Å². The summed E-state index contributed by atoms with van der Waals surface area (Å²) in [4.78, 5) is 13.3. The van der Waals surface area contributed by atoms with Crippen molar-refractivity contribution in [3.05, 3.63) is 59.7 Å². The summed E-state index contributed by atoms with van der Waals surface area (Å²) in [6, 6.07) is 16.8. The summed E-state index contributed by atoms with van der Waals surface area (Å²) in [7, 11) is 0. The van der Waals surface area contributed by atoms with E-state index >= 15 is 0 Å². The standard InChI is InChI=1S/C19H22N2O2/c1-14-4-2-3-5-17(14)16-8-6-15(7-9-16)12-21-11-10-19(20,13-21)18(22)23/h2-9H,10-13,20H2,1H3,(H,22,23)/t19-/m1/s1. The average Bonchev–Trinajstić information content (AvgIpc) is 2.91. The molecule has 1 atom stereocenters. The molecule has 0 amide bonds. The van der Waals surface area contributed by atoms with Crippen LogP contribution in [-0.4, -0.2) is 34.6 Å². The molecular weight excluding hydrogens is 288 g/mol. The van der Waals surface area contributed by atoms with Crippen LogP contribution in [0.2, 0.25) is 0 Å². The summed E-state index contributed by atoms with van der Waals surface area (Å²) < 4.78 is 0. The maximum absolute atomic E-state index is 11.2. The number of hydrogen-bond acceptors (Lipinski definition) is 3. The number of benzene rings is 2. The lowest BCUT2D eigenvalue weighted by molar-refractivity contribution is -0.142. The normalized spacial score (nSPS) is 21.5. The molecule has 0 aromatic heterocycles. The fourth-order valence-corrected chi connectivity index (χ4v) is 3.17. The number of carbonyl (C=O) groups is 1. The van der Waals surface area contributed by atoms with Crippen molar-refractivity contribution >= 4 is 5.97 Å². The fraction of sp³-hybridized carbons (Fsp3) is 0.316. The zero-order chi connectivity index (χ0) is 16.4. The highest BCUT2D eigenvalue weighted by Gasteiger charge is 2.40. The zero-order valence-corrected chi connectivity index (χ0v) is 13.3. The van der Waals surface area contributed by atoms with Crippen molar-refractivity contribution in [3.8, 4) is 11.1 Å². The highest BCUT2D eigenvalue weighted by atomic mass is 16.4. The van der Waals surface area contributed by atoms with Crippen LogP contribution in [0.4, 0.5) is 0 Å². The molecule has 0 spiro atoms. The van der Waals surface area contributed by atoms with Crippen molar-refractivity contribution in [1.29, 1.82) is 0 Å². The van der Waals surface area contributed by atoms with Crippen LogP contribution in [0.3, 0.4) is 0 Å². The van der Waals surface area contributed by atoms with Crippen molar-refractivity contribution in [2.24, 2.45) is 5.73 Å². The first-order valence-corrected chi connectivity index (χ1v) is 7.87. The van der Waals surface area contributed by atoms with E-state index in [0.29, 0.717) is 13.0 Å². The molecule has 4 heteroatoms. The van der Waals surface area contributed by atoms with E-state index in [1.54, 1.807) is 0 Å². The third-order valence-corrected chi connectivity index (χ3v) is 4.62. The van der Waals surface area contributed by atoms with E-state index in [0.717, 1.165) is 13.1 Å². The minimum absolute atomic E-state index is 0.405. The fourth-order valence-electron chi connectivity index (χ4n) is 3.17. The van der Waals surface area contributed by atoms with Gasteiger partial charge in [0.1, 0.15) is 5.54 Å². The molecule has 1 aliphatic heterocycles. The van der Waals surface area contributed by atoms with Crippen LogP contribution < -0.4 is 5.73 Å². The van der Waals surface area contributed by atoms with Crippen LogP contribution in [0.25, 0.3) is 11.1 Å². The first kappa shape index (κ1) is 15.7. The maximum Gasteiger partial charge on any atom is 0.325 e. The second-order valence-electron chi connectivity index (χ2n) is 6.43. The number of aliphatic carboxylic acids is 1. The molecule has 3 rings (SSSR count). The molecule has 23 heavy (non-hydrogen) atoms. The number of rotatable bonds is 4. The minimum Gasteiger partial charge on any atom is -0.480 e. The van der Waals surface area contributed by atoms with Gasteiger partial charge in [0.25, 0.3) is 0 Å². The Morgan fingerprint density at radius 3 is 2.52 bits per heavy atom. The van der Waals surface area contributed by atoms with E-state index < -0.39 is 11.5 Å². The summed E-state index contributed by atoms with van der Waals surface area (Å²) in [5.74, 6) is -0.907. The number of hydrogen-bond donors (Lipinski definition) is 2. The first-order chi connectivity index (χ1) is 11.0. The molecule has 4 nitrogen and oxygen atoms in total. The largest absolute Gasteiger partial charge is 0.480 e. The Balaban J connectivity index is 1.70. The van der Waals surface area contributed by atoms with Gasteiger partial charge in [-0.3, -0.25) is 9.69 Å². The van der Waals surface area contributed by atoms with Crippen molar-refractivity contribution in [3.63, 3.8) is 0 Å². The van der Waals surface area contributed by atoms with Crippen molar-refractivity contribution in [1.82, 2.24) is 4.90 Å². The third-order valence-electron chi connectivity index (χ3n) is 4.62. The smallest absolute Gasteiger partial charge is 0.325 e. The second-order valence-corrected chi connectivity index (χ2v) is 6.43. The van der Waals surface area contributed by atoms with Gasteiger partial charge >= 0.3 is 5.97 Å². The Morgan fingerprint density at radius 1 is 1.22 bits per heavy atom. The van der Waals surface area contributed by atoms with E-state index in [1.165, 1.54) is 22.3 Å². The number of nitrogens with two attached hydrogens (primary N) is 1. The Labute approximate surface area is 136 Å². The van der Waals surface area contributed by atoms with Crippen molar-refractivity contribution in [2.45, 2.75) is 25.4 Å². The number of carboxylic acid groups (broad SMARTS) is 1. The van der Waals surface area contributed by atoms with Gasteiger partial charge < -0.3 is 10.8 Å². The van der Waals surface area contributed by atoms with Gasteiger partial charge in [0.2, 0.25) is 0 Å². The van der Waals surface area contributed by atoms with Crippen LogP contribution >= 0.6 is 0 Å². The van der Waals surface area contributed by atoms with Gasteiger partial charge in [-0.05, 0) is 35.6 Å². The topological polar surface area (TPSA) is 66.6 Å². The monoisotopic (exact) mass is 310 g/mol. The van der Waals surface area contributed by atoms with Crippen LogP contribution in [0.15, 0.2) is 48.5 Å². The van der Waals surface area contributed by atoms with Crippen molar-refractivity contribution in [2.75, 3.05) is 13.1 Å². The highest BCUT2D eigenvalue weighted by Crippen LogP contribution is 2.25. The second kappa shape index (κ2) is 6.14. The molecule has 3 N–H and O–H groups in total. The SMILES string of the molecule is Cc1ccccc1-c1ccc(CN2CC[C@](N)(C(=O)O)C2)cc1. The molecule has 1 aliphatic rings. The van der Waals surface area contributed by atoms with Crippen molar-refractivity contribution < 1.29 is 9.90 Å². The Bertz CT molecular complexity index is 712. The molecule has 1 saturated heterocycles. The quantitative estimate of drug-likeness (QED) is 0.911. The predicted octanol–water partition coefficient (Wildman–Crippen LogP) is 2.65. The number of aryl methyl sites for hydroxylation is 1. The lowest BCUT2D eigenvalue weighted by Gasteiger charge is -2.20. The zero-order valence-electron chi connectivity index (χ0n) is 13.3. The van der Waals surface area contributed by atoms with E-state index in [1.807, 2.05) is 12.1 Å². The van der Waals surface area contributed by atoms with Gasteiger partial charge in [0.15, 0.2) is 0 Å². The van der Waals surface area contributed by atoms with E-state index in [2.05, 4.69) is 48.2 Å². The van der Waals surface area contributed by atoms with Gasteiger partial charge in [0, 0.05) is 19.6 Å². The molecular formula is C19H22N2O2. The molecule has 0 unspecified atom stereocenters. The van der Waals surface area contributed by atoms with Gasteiger partial charge in [-0.2, -0.15) is 0 Å². The number of nitrogens with zero attached hydrogens (tertiary/aromatic N) is 1. The first-order valence-electron chi connectivity index (χ1n) is 7.87. The Hall–Kier alpha value is -2.17. The van der Waals surface area contributed by atoms with Gasteiger partial charge in [-0.15, -0.1) is 0 Å². The highest BCUT2D eigenvalue weighted by molar-refractivity contribution is 5.79. The summed E-state index contributed by atoms with van der Waals surface area (Å²) in [6.45, 7) is 3.98. The van der Waals surface area contributed by atoms with E-state index in [4.69, 9.17) is 5.73 Å². The molecule has 1 fully saturated rings. The van der Waals surface area contributed by atoms with Gasteiger partial charge in [-0.25, -0.2) is 0 Å². The molecule has 0 aliphatic carbocycles. The minimum atomic E-state index is -1.10. The molecule has 120 valence electrons. The van der Waals surface area contributed by atoms with Crippen LogP contribution in [0.5, 0.6) is 0 Å². The number of carboxylic acids is 1. The summed E-state index contributed by atoms with van der Waals surface area (Å²) >= 11 is 0. The lowest BCUT2D eigenvalue weighted by Crippen LogP contribution is -2.50. The molecule has 0 bridgehead atoms. The molecule has 0 saturated carbocycles. The average molecular weight is 310 g/mol. The van der Waals surface area contributed by atoms with Crippen LogP contribution in [-0.2, 0) is 11.3 Å². The van der Waals surface area contributed by atoms with Crippen LogP contribution in [0, 0.1) is 6.92 Å². The summed E-state index contributed by atoms with van der Waals surface area (Å²) in [5, 5.41) is 9.19. The Kier molecular flexibility index (Phi) is 4.20. The molecule has 1 heterocycles. The lowest BCUT2D eigenvalue weighted by atomic mass is 9.99. The summed E-state index contributed by atoms with van der Waals surface area (Å²) in [5.41, 5.74) is 9.71. The molecule has 2 aromatic carbocycles. The van der Waals surface area contributed by atoms with Gasteiger partial charge in [-0.1, -0.05) is 48.5 Å². The molecule has 0 radical (unpaired) electrons. The van der Waals surface area contributed by atoms with E-state index in [-0.39, 0.29) is 0 Å². The molecule has 2 aromatic rings. The predicted molar refractivity (Wildman–Crippen MR) is 91.1 cm³/mol. The summed E-state index contributed by atoms with van der Waals surface area (Å²) in [6.07, 6.45) is 0.504. The van der Waals surface area contributed by atoms with Crippen LogP contribution in [0.1, 0.15) is 17.5 Å². The maximum atomic E-state index is 11.2. The third kappa shape index (κ3) is 3.28. The Morgan fingerprint density at radius 2 is 1.91 bits per heavy atom. The number of likely N-dealkylation sites (tertiary alicyclic amines) is 1.